The summed E-state index contributed by atoms with van der Waals surface area (Å²) in [6, 6.07) is 1.42. The molecule has 0 aromatic carbocycles. The molecule has 7 nitrogen and oxygen atoms in total. The number of likely N-dealkylation sites (N-methyl/N-ethyl adjacent to an activating group) is 1. The predicted molar refractivity (Wildman–Crippen MR) is 65.8 cm³/mol. The third-order valence-electron chi connectivity index (χ3n) is 2.42. The standard InChI is InChI=1S/C11H10N4O3/c1-12-10(16)3-2-7-5-13-11-9(7)4-8(6-14-11)15(17)18/h2-6H,1H3,(H,12,16)(H,13,14)/b3-2+. The number of nitrogens with zero attached hydrogens (tertiary/aromatic N) is 2. The first-order valence-electron chi connectivity index (χ1n) is 5.13. The van der Waals surface area contributed by atoms with Crippen molar-refractivity contribution >= 4 is 28.7 Å². The molecule has 2 N–H and O–H groups in total. The molecule has 18 heavy (non-hydrogen) atoms. The number of aromatic nitrogens is 2. The molecule has 0 radical (unpaired) electrons. The van der Waals surface area contributed by atoms with Crippen molar-refractivity contribution in [1.29, 1.82) is 0 Å². The van der Waals surface area contributed by atoms with Crippen LogP contribution in [-0.4, -0.2) is 27.8 Å². The van der Waals surface area contributed by atoms with Crippen molar-refractivity contribution in [2.24, 2.45) is 0 Å². The highest BCUT2D eigenvalue weighted by Gasteiger charge is 2.10. The topological polar surface area (TPSA) is 101 Å². The monoisotopic (exact) mass is 246 g/mol. The van der Waals surface area contributed by atoms with Crippen molar-refractivity contribution in [2.45, 2.75) is 0 Å². The van der Waals surface area contributed by atoms with E-state index in [1.54, 1.807) is 12.3 Å². The zero-order valence-corrected chi connectivity index (χ0v) is 9.51. The summed E-state index contributed by atoms with van der Waals surface area (Å²) in [4.78, 5) is 28.1. The van der Waals surface area contributed by atoms with Crippen LogP contribution in [0.5, 0.6) is 0 Å². The van der Waals surface area contributed by atoms with Gasteiger partial charge in [-0.3, -0.25) is 14.9 Å². The molecule has 0 spiro atoms. The Morgan fingerprint density at radius 1 is 1.61 bits per heavy atom. The van der Waals surface area contributed by atoms with E-state index in [1.165, 1.54) is 25.4 Å². The Balaban J connectivity index is 2.45. The Hall–Kier alpha value is -2.70. The Labute approximate surface area is 102 Å². The first-order valence-corrected chi connectivity index (χ1v) is 5.13. The third-order valence-corrected chi connectivity index (χ3v) is 2.42. The van der Waals surface area contributed by atoms with E-state index in [9.17, 15) is 14.9 Å². The second-order valence-corrected chi connectivity index (χ2v) is 3.54. The summed E-state index contributed by atoms with van der Waals surface area (Å²) < 4.78 is 0. The fraction of sp³-hybridized carbons (Fsp3) is 0.0909. The number of fused-ring (bicyclic) bond motifs is 1. The van der Waals surface area contributed by atoms with Crippen molar-refractivity contribution in [3.63, 3.8) is 0 Å². The highest BCUT2D eigenvalue weighted by molar-refractivity contribution is 5.95. The van der Waals surface area contributed by atoms with E-state index in [-0.39, 0.29) is 11.6 Å². The molecule has 2 aromatic rings. The molecular formula is C11H10N4O3. The van der Waals surface area contributed by atoms with Crippen LogP contribution in [0.2, 0.25) is 0 Å². The number of nitro groups is 1. The van der Waals surface area contributed by atoms with Crippen molar-refractivity contribution in [3.8, 4) is 0 Å². The highest BCUT2D eigenvalue weighted by Crippen LogP contribution is 2.22. The Bertz CT molecular complexity index is 645. The molecule has 0 bridgehead atoms. The van der Waals surface area contributed by atoms with Gasteiger partial charge in [0.1, 0.15) is 11.8 Å². The summed E-state index contributed by atoms with van der Waals surface area (Å²) in [7, 11) is 1.52. The smallest absolute Gasteiger partial charge is 0.288 e. The minimum absolute atomic E-state index is 0.0864. The van der Waals surface area contributed by atoms with Gasteiger partial charge in [-0.05, 0) is 6.08 Å². The molecule has 7 heteroatoms. The van der Waals surface area contributed by atoms with Gasteiger partial charge in [0.25, 0.3) is 5.69 Å². The van der Waals surface area contributed by atoms with Crippen LogP contribution >= 0.6 is 0 Å². The zero-order chi connectivity index (χ0) is 13.1. The number of nitrogens with one attached hydrogen (secondary N) is 2. The van der Waals surface area contributed by atoms with Gasteiger partial charge >= 0.3 is 0 Å². The number of carbonyl (C=O) groups excluding carboxylic acids is 1. The van der Waals surface area contributed by atoms with Gasteiger partial charge in [-0.2, -0.15) is 0 Å². The largest absolute Gasteiger partial charge is 0.356 e. The van der Waals surface area contributed by atoms with Crippen molar-refractivity contribution < 1.29 is 9.72 Å². The minimum atomic E-state index is -0.508. The van der Waals surface area contributed by atoms with Crippen LogP contribution in [-0.2, 0) is 4.79 Å². The molecule has 0 fully saturated rings. The fourth-order valence-electron chi connectivity index (χ4n) is 1.50. The molecule has 0 saturated heterocycles. The summed E-state index contributed by atoms with van der Waals surface area (Å²) in [6.07, 6.45) is 5.75. The minimum Gasteiger partial charge on any atom is -0.356 e. The molecule has 0 atom stereocenters. The number of H-pyrrole nitrogens is 1. The molecule has 0 unspecified atom stereocenters. The van der Waals surface area contributed by atoms with Crippen LogP contribution < -0.4 is 5.32 Å². The van der Waals surface area contributed by atoms with E-state index in [0.29, 0.717) is 16.6 Å². The molecule has 0 aliphatic heterocycles. The molecule has 2 heterocycles. The van der Waals surface area contributed by atoms with E-state index in [1.807, 2.05) is 0 Å². The average Bonchev–Trinajstić information content (AvgIpc) is 2.78. The molecular weight excluding hydrogens is 236 g/mol. The van der Waals surface area contributed by atoms with Gasteiger partial charge in [0.15, 0.2) is 0 Å². The SMILES string of the molecule is CNC(=O)/C=C/c1c[nH]c2ncc([N+](=O)[O-])cc12. The van der Waals surface area contributed by atoms with Gasteiger partial charge in [-0.1, -0.05) is 0 Å². The Morgan fingerprint density at radius 2 is 2.39 bits per heavy atom. The van der Waals surface area contributed by atoms with E-state index in [4.69, 9.17) is 0 Å². The lowest BCUT2D eigenvalue weighted by Crippen LogP contribution is -2.13. The molecule has 1 amide bonds. The van der Waals surface area contributed by atoms with Crippen LogP contribution in [0.4, 0.5) is 5.69 Å². The number of carbonyl (C=O) groups is 1. The third kappa shape index (κ3) is 2.19. The zero-order valence-electron chi connectivity index (χ0n) is 9.51. The lowest BCUT2D eigenvalue weighted by atomic mass is 10.2. The number of rotatable bonds is 3. The van der Waals surface area contributed by atoms with Gasteiger partial charge < -0.3 is 10.3 Å². The van der Waals surface area contributed by atoms with E-state index >= 15 is 0 Å². The molecule has 2 rings (SSSR count). The van der Waals surface area contributed by atoms with Crippen molar-refractivity contribution in [3.05, 3.63) is 40.2 Å². The van der Waals surface area contributed by atoms with Crippen LogP contribution in [0.15, 0.2) is 24.5 Å². The number of hydrogen-bond acceptors (Lipinski definition) is 4. The summed E-state index contributed by atoms with van der Waals surface area (Å²) >= 11 is 0. The fourth-order valence-corrected chi connectivity index (χ4v) is 1.50. The second-order valence-electron chi connectivity index (χ2n) is 3.54. The quantitative estimate of drug-likeness (QED) is 0.483. The van der Waals surface area contributed by atoms with Crippen LogP contribution in [0.3, 0.4) is 0 Å². The maximum Gasteiger partial charge on any atom is 0.288 e. The maximum atomic E-state index is 11.1. The van der Waals surface area contributed by atoms with Crippen molar-refractivity contribution in [1.82, 2.24) is 15.3 Å². The highest BCUT2D eigenvalue weighted by atomic mass is 16.6. The van der Waals surface area contributed by atoms with Gasteiger partial charge in [0, 0.05) is 36.3 Å². The summed E-state index contributed by atoms with van der Waals surface area (Å²) in [5.74, 6) is -0.247. The average molecular weight is 246 g/mol. The van der Waals surface area contributed by atoms with E-state index in [2.05, 4.69) is 15.3 Å². The molecule has 0 aliphatic rings. The van der Waals surface area contributed by atoms with Gasteiger partial charge in [-0.15, -0.1) is 0 Å². The molecule has 0 saturated carbocycles. The first-order chi connectivity index (χ1) is 8.61. The lowest BCUT2D eigenvalue weighted by Gasteiger charge is -1.93. The molecule has 2 aromatic heterocycles. The number of pyridine rings is 1. The predicted octanol–water partition coefficient (Wildman–Crippen LogP) is 1.23. The Kier molecular flexibility index (Phi) is 3.05. The Morgan fingerprint density at radius 3 is 3.06 bits per heavy atom. The summed E-state index contributed by atoms with van der Waals surface area (Å²) in [5.41, 5.74) is 1.12. The number of aromatic amines is 1. The van der Waals surface area contributed by atoms with E-state index in [0.717, 1.165) is 0 Å². The van der Waals surface area contributed by atoms with Gasteiger partial charge in [-0.25, -0.2) is 4.98 Å². The second kappa shape index (κ2) is 4.66. The number of hydrogen-bond donors (Lipinski definition) is 2. The van der Waals surface area contributed by atoms with Gasteiger partial charge in [0.2, 0.25) is 5.91 Å². The molecule has 92 valence electrons. The van der Waals surface area contributed by atoms with Crippen molar-refractivity contribution in [2.75, 3.05) is 7.05 Å². The first kappa shape index (κ1) is 11.8. The van der Waals surface area contributed by atoms with Crippen LogP contribution in [0.25, 0.3) is 17.1 Å². The van der Waals surface area contributed by atoms with Crippen LogP contribution in [0, 0.1) is 10.1 Å². The maximum absolute atomic E-state index is 11.1. The van der Waals surface area contributed by atoms with Gasteiger partial charge in [0.05, 0.1) is 4.92 Å². The number of amides is 1. The summed E-state index contributed by atoms with van der Waals surface area (Å²) in [6.45, 7) is 0. The summed E-state index contributed by atoms with van der Waals surface area (Å²) in [5, 5.41) is 13.7. The molecule has 0 aliphatic carbocycles. The normalized spacial score (nSPS) is 10.9. The van der Waals surface area contributed by atoms with E-state index < -0.39 is 4.92 Å². The van der Waals surface area contributed by atoms with Crippen LogP contribution in [0.1, 0.15) is 5.56 Å². The lowest BCUT2D eigenvalue weighted by molar-refractivity contribution is -0.385.